The van der Waals surface area contributed by atoms with Crippen molar-refractivity contribution in [2.24, 2.45) is 0 Å². The highest BCUT2D eigenvalue weighted by atomic mass is 32.2. The molecule has 1 rings (SSSR count). The summed E-state index contributed by atoms with van der Waals surface area (Å²) in [6.07, 6.45) is 3.88. The predicted octanol–water partition coefficient (Wildman–Crippen LogP) is 2.64. The lowest BCUT2D eigenvalue weighted by Crippen LogP contribution is -1.76. The quantitative estimate of drug-likeness (QED) is 0.715. The molecular formula is C8H9OS2. The second-order valence-electron chi connectivity index (χ2n) is 1.94. The van der Waals surface area contributed by atoms with Crippen LogP contribution >= 0.6 is 23.5 Å². The largest absolute Gasteiger partial charge is 0.506 e. The van der Waals surface area contributed by atoms with E-state index in [4.69, 9.17) is 0 Å². The summed E-state index contributed by atoms with van der Waals surface area (Å²) in [5.74, 6) is 0.378. The number of benzene rings is 1. The molecule has 0 spiro atoms. The maximum absolute atomic E-state index is 9.53. The van der Waals surface area contributed by atoms with E-state index in [1.165, 1.54) is 23.5 Å². The number of thioether (sulfide) groups is 2. The summed E-state index contributed by atoms with van der Waals surface area (Å²) in [5, 5.41) is 9.53. The van der Waals surface area contributed by atoms with Crippen LogP contribution in [-0.2, 0) is 0 Å². The van der Waals surface area contributed by atoms with Gasteiger partial charge in [-0.1, -0.05) is 0 Å². The van der Waals surface area contributed by atoms with Crippen molar-refractivity contribution in [3.8, 4) is 5.75 Å². The lowest BCUT2D eigenvalue weighted by molar-refractivity contribution is 0.449. The van der Waals surface area contributed by atoms with Gasteiger partial charge in [0.2, 0.25) is 0 Å². The van der Waals surface area contributed by atoms with Gasteiger partial charge in [0.1, 0.15) is 5.75 Å². The van der Waals surface area contributed by atoms with Crippen LogP contribution < -0.4 is 0 Å². The van der Waals surface area contributed by atoms with Gasteiger partial charge in [-0.05, 0) is 30.7 Å². The fourth-order valence-corrected chi connectivity index (χ4v) is 1.81. The molecule has 1 aromatic carbocycles. The summed E-state index contributed by atoms with van der Waals surface area (Å²) >= 11 is 3.06. The summed E-state index contributed by atoms with van der Waals surface area (Å²) in [4.78, 5) is 1.77. The van der Waals surface area contributed by atoms with Gasteiger partial charge in [-0.3, -0.25) is 0 Å². The standard InChI is InChI=1S/C8H9OS2/c1-10-6-4-3-5-7(11-2)8(6)9/h4-5,9H,1-2H3. The summed E-state index contributed by atoms with van der Waals surface area (Å²) in [7, 11) is 0. The minimum Gasteiger partial charge on any atom is -0.506 e. The second-order valence-corrected chi connectivity index (χ2v) is 3.64. The Balaban J connectivity index is 3.10. The summed E-state index contributed by atoms with van der Waals surface area (Å²) in [6.45, 7) is 0. The van der Waals surface area contributed by atoms with Gasteiger partial charge in [0, 0.05) is 0 Å². The van der Waals surface area contributed by atoms with Crippen molar-refractivity contribution in [1.82, 2.24) is 0 Å². The highest BCUT2D eigenvalue weighted by Gasteiger charge is 2.03. The van der Waals surface area contributed by atoms with Gasteiger partial charge >= 0.3 is 0 Å². The van der Waals surface area contributed by atoms with Crippen LogP contribution in [0.25, 0.3) is 0 Å². The minimum atomic E-state index is 0.378. The van der Waals surface area contributed by atoms with E-state index in [1.807, 2.05) is 12.5 Å². The van der Waals surface area contributed by atoms with Crippen LogP contribution in [-0.4, -0.2) is 17.6 Å². The molecule has 1 nitrogen and oxygen atoms in total. The molecule has 0 aliphatic heterocycles. The van der Waals surface area contributed by atoms with Crippen LogP contribution in [0.5, 0.6) is 5.75 Å². The highest BCUT2D eigenvalue weighted by Crippen LogP contribution is 2.34. The fourth-order valence-electron chi connectivity index (χ4n) is 0.762. The Hall–Kier alpha value is -0.280. The molecule has 0 unspecified atom stereocenters. The Bertz CT molecular complexity index is 226. The number of hydrogen-bond acceptors (Lipinski definition) is 3. The van der Waals surface area contributed by atoms with Crippen LogP contribution in [0.2, 0.25) is 0 Å². The van der Waals surface area contributed by atoms with Gasteiger partial charge in [0.05, 0.1) is 9.79 Å². The highest BCUT2D eigenvalue weighted by molar-refractivity contribution is 7.99. The van der Waals surface area contributed by atoms with Crippen LogP contribution in [0.3, 0.4) is 0 Å². The molecule has 1 aromatic rings. The van der Waals surface area contributed by atoms with Crippen molar-refractivity contribution in [2.45, 2.75) is 9.79 Å². The predicted molar refractivity (Wildman–Crippen MR) is 50.5 cm³/mol. The Morgan fingerprint density at radius 1 is 1.18 bits per heavy atom. The summed E-state index contributed by atoms with van der Waals surface area (Å²) < 4.78 is 0. The van der Waals surface area contributed by atoms with Crippen LogP contribution in [0.4, 0.5) is 0 Å². The molecule has 59 valence electrons. The Morgan fingerprint density at radius 2 is 1.64 bits per heavy atom. The van der Waals surface area contributed by atoms with E-state index in [0.29, 0.717) is 5.75 Å². The number of aromatic hydroxyl groups is 1. The van der Waals surface area contributed by atoms with Crippen molar-refractivity contribution in [3.05, 3.63) is 18.2 Å². The molecule has 0 amide bonds. The van der Waals surface area contributed by atoms with Gasteiger partial charge < -0.3 is 5.11 Å². The molecule has 11 heavy (non-hydrogen) atoms. The molecular weight excluding hydrogens is 176 g/mol. The lowest BCUT2D eigenvalue weighted by atomic mass is 10.3. The fraction of sp³-hybridized carbons (Fsp3) is 0.250. The van der Waals surface area contributed by atoms with E-state index in [-0.39, 0.29) is 0 Å². The third-order valence-corrected chi connectivity index (χ3v) is 2.84. The molecule has 0 aromatic heterocycles. The molecule has 0 heterocycles. The number of phenols is 1. The Morgan fingerprint density at radius 3 is 2.00 bits per heavy atom. The molecule has 0 bridgehead atoms. The van der Waals surface area contributed by atoms with Gasteiger partial charge in [-0.25, -0.2) is 0 Å². The van der Waals surface area contributed by atoms with Crippen LogP contribution in [0.15, 0.2) is 21.9 Å². The minimum absolute atomic E-state index is 0.378. The zero-order valence-corrected chi connectivity index (χ0v) is 8.05. The maximum Gasteiger partial charge on any atom is 0.142 e. The third kappa shape index (κ3) is 1.84. The van der Waals surface area contributed by atoms with Gasteiger partial charge in [0.15, 0.2) is 0 Å². The smallest absolute Gasteiger partial charge is 0.142 e. The van der Waals surface area contributed by atoms with E-state index < -0.39 is 0 Å². The zero-order chi connectivity index (χ0) is 8.27. The number of rotatable bonds is 2. The van der Waals surface area contributed by atoms with Gasteiger partial charge in [-0.2, -0.15) is 0 Å². The normalized spacial score (nSPS) is 10.0. The molecule has 0 fully saturated rings. The monoisotopic (exact) mass is 185 g/mol. The van der Waals surface area contributed by atoms with Gasteiger partial charge in [0.25, 0.3) is 0 Å². The molecule has 1 radical (unpaired) electrons. The molecule has 0 saturated carbocycles. The molecule has 0 atom stereocenters. The lowest BCUT2D eigenvalue weighted by Gasteiger charge is -2.03. The summed E-state index contributed by atoms with van der Waals surface area (Å²) in [5.41, 5.74) is 0. The average molecular weight is 185 g/mol. The molecule has 0 aliphatic rings. The van der Waals surface area contributed by atoms with Crippen molar-refractivity contribution < 1.29 is 5.11 Å². The van der Waals surface area contributed by atoms with E-state index in [1.54, 1.807) is 12.1 Å². The third-order valence-electron chi connectivity index (χ3n) is 1.34. The van der Waals surface area contributed by atoms with E-state index in [0.717, 1.165) is 9.79 Å². The number of phenolic OH excluding ortho intramolecular Hbond substituents is 1. The molecule has 1 N–H and O–H groups in total. The van der Waals surface area contributed by atoms with E-state index in [2.05, 4.69) is 6.07 Å². The first-order valence-electron chi connectivity index (χ1n) is 3.10. The first kappa shape index (κ1) is 8.81. The van der Waals surface area contributed by atoms with Crippen molar-refractivity contribution in [1.29, 1.82) is 0 Å². The molecule has 0 saturated heterocycles. The first-order chi connectivity index (χ1) is 5.29. The van der Waals surface area contributed by atoms with Crippen molar-refractivity contribution in [3.63, 3.8) is 0 Å². The Kier molecular flexibility index (Phi) is 3.15. The molecule has 0 aliphatic carbocycles. The van der Waals surface area contributed by atoms with Crippen molar-refractivity contribution >= 4 is 23.5 Å². The van der Waals surface area contributed by atoms with Crippen LogP contribution in [0.1, 0.15) is 0 Å². The number of hydrogen-bond donors (Lipinski definition) is 1. The van der Waals surface area contributed by atoms with Gasteiger partial charge in [-0.15, -0.1) is 23.5 Å². The van der Waals surface area contributed by atoms with Crippen LogP contribution in [0, 0.1) is 6.07 Å². The second kappa shape index (κ2) is 3.93. The first-order valence-corrected chi connectivity index (χ1v) is 5.55. The van der Waals surface area contributed by atoms with E-state index >= 15 is 0 Å². The Labute approximate surface area is 75.2 Å². The summed E-state index contributed by atoms with van der Waals surface area (Å²) in [6, 6.07) is 6.55. The molecule has 3 heteroatoms. The topological polar surface area (TPSA) is 20.2 Å². The van der Waals surface area contributed by atoms with Crippen molar-refractivity contribution in [2.75, 3.05) is 12.5 Å². The van der Waals surface area contributed by atoms with E-state index in [9.17, 15) is 5.11 Å². The SMILES string of the molecule is CSc1c[c]cc(SC)c1O. The zero-order valence-electron chi connectivity index (χ0n) is 6.42. The average Bonchev–Trinajstić information content (AvgIpc) is 2.05. The maximum atomic E-state index is 9.53.